The van der Waals surface area contributed by atoms with Gasteiger partial charge in [0, 0.05) is 15.0 Å². The number of hydrogen-bond acceptors (Lipinski definition) is 2. The Kier molecular flexibility index (Phi) is 5.03. The van der Waals surface area contributed by atoms with E-state index in [-0.39, 0.29) is 6.10 Å². The third-order valence-electron chi connectivity index (χ3n) is 3.52. The maximum atomic E-state index is 6.25. The Morgan fingerprint density at radius 3 is 2.71 bits per heavy atom. The van der Waals surface area contributed by atoms with Gasteiger partial charge in [0.05, 0.1) is 13.2 Å². The first-order valence-corrected chi connectivity index (χ1v) is 8.43. The van der Waals surface area contributed by atoms with Crippen molar-refractivity contribution in [2.45, 2.75) is 18.9 Å². The largest absolute Gasteiger partial charge is 0.488 e. The highest BCUT2D eigenvalue weighted by atomic mass is 127. The molecule has 0 saturated carbocycles. The molecule has 2 aromatic rings. The lowest BCUT2D eigenvalue weighted by molar-refractivity contribution is 0.141. The van der Waals surface area contributed by atoms with Crippen molar-refractivity contribution in [1.82, 2.24) is 0 Å². The molecule has 2 aromatic carbocycles. The second kappa shape index (κ2) is 6.99. The molecule has 110 valence electrons. The quantitative estimate of drug-likeness (QED) is 0.675. The first kappa shape index (κ1) is 15.1. The monoisotopic (exact) mass is 414 g/mol. The number of halogens is 2. The van der Waals surface area contributed by atoms with Crippen LogP contribution in [-0.4, -0.2) is 19.3 Å². The molecule has 4 heteroatoms. The molecule has 1 fully saturated rings. The Morgan fingerprint density at radius 1 is 1.19 bits per heavy atom. The lowest BCUT2D eigenvalue weighted by atomic mass is 10.0. The molecule has 0 spiro atoms. The molecule has 0 radical (unpaired) electrons. The third-order valence-corrected chi connectivity index (χ3v) is 4.56. The summed E-state index contributed by atoms with van der Waals surface area (Å²) in [5.41, 5.74) is 2.38. The summed E-state index contributed by atoms with van der Waals surface area (Å²) in [5.74, 6) is 0.906. The van der Waals surface area contributed by atoms with Crippen molar-refractivity contribution in [3.05, 3.63) is 62.2 Å². The zero-order valence-electron chi connectivity index (χ0n) is 11.5. The van der Waals surface area contributed by atoms with Crippen LogP contribution in [0.2, 0.25) is 5.02 Å². The SMILES string of the molecule is Clc1ccc(I)cc1Cc1ccc(O[C@H]2CCOC2)cc1. The Hall–Kier alpha value is -0.780. The standard InChI is InChI=1S/C17H16ClIO2/c18-17-6-3-14(19)10-13(17)9-12-1-4-15(5-2-12)21-16-7-8-20-11-16/h1-6,10,16H,7-9,11H2/t16-/m0/s1. The molecule has 1 atom stereocenters. The van der Waals surface area contributed by atoms with Crippen LogP contribution in [0.15, 0.2) is 42.5 Å². The van der Waals surface area contributed by atoms with Gasteiger partial charge in [-0.25, -0.2) is 0 Å². The van der Waals surface area contributed by atoms with Crippen LogP contribution in [0, 0.1) is 3.57 Å². The van der Waals surface area contributed by atoms with Gasteiger partial charge >= 0.3 is 0 Å². The molecule has 1 saturated heterocycles. The van der Waals surface area contributed by atoms with Crippen LogP contribution < -0.4 is 4.74 Å². The average molecular weight is 415 g/mol. The highest BCUT2D eigenvalue weighted by molar-refractivity contribution is 14.1. The third kappa shape index (κ3) is 4.11. The van der Waals surface area contributed by atoms with E-state index in [1.807, 2.05) is 24.3 Å². The first-order valence-electron chi connectivity index (χ1n) is 6.98. The molecule has 0 aromatic heterocycles. The van der Waals surface area contributed by atoms with Gasteiger partial charge in [-0.3, -0.25) is 0 Å². The summed E-state index contributed by atoms with van der Waals surface area (Å²) in [6.45, 7) is 1.49. The van der Waals surface area contributed by atoms with E-state index in [4.69, 9.17) is 21.1 Å². The van der Waals surface area contributed by atoms with Crippen molar-refractivity contribution < 1.29 is 9.47 Å². The minimum Gasteiger partial charge on any atom is -0.488 e. The molecule has 0 aliphatic carbocycles. The van der Waals surface area contributed by atoms with Crippen molar-refractivity contribution in [3.63, 3.8) is 0 Å². The van der Waals surface area contributed by atoms with Crippen molar-refractivity contribution in [3.8, 4) is 5.75 Å². The van der Waals surface area contributed by atoms with Crippen LogP contribution >= 0.6 is 34.2 Å². The summed E-state index contributed by atoms with van der Waals surface area (Å²) in [6.07, 6.45) is 2.00. The molecule has 0 unspecified atom stereocenters. The van der Waals surface area contributed by atoms with Gasteiger partial charge in [0.25, 0.3) is 0 Å². The molecular formula is C17H16ClIO2. The van der Waals surface area contributed by atoms with E-state index in [0.717, 1.165) is 35.8 Å². The highest BCUT2D eigenvalue weighted by Crippen LogP contribution is 2.23. The molecule has 2 nitrogen and oxygen atoms in total. The molecule has 1 aliphatic heterocycles. The van der Waals surface area contributed by atoms with E-state index in [0.29, 0.717) is 6.61 Å². The summed E-state index contributed by atoms with van der Waals surface area (Å²) in [4.78, 5) is 0. The second-order valence-corrected chi connectivity index (χ2v) is 6.81. The van der Waals surface area contributed by atoms with E-state index in [2.05, 4.69) is 40.8 Å². The Balaban J connectivity index is 1.67. The van der Waals surface area contributed by atoms with E-state index < -0.39 is 0 Å². The maximum absolute atomic E-state index is 6.25. The molecule has 0 amide bonds. The van der Waals surface area contributed by atoms with Crippen molar-refractivity contribution in [1.29, 1.82) is 0 Å². The van der Waals surface area contributed by atoms with E-state index >= 15 is 0 Å². The van der Waals surface area contributed by atoms with Gasteiger partial charge in [-0.05, 0) is 70.5 Å². The Morgan fingerprint density at radius 2 is 2.00 bits per heavy atom. The molecule has 1 aliphatic rings. The van der Waals surface area contributed by atoms with Gasteiger partial charge in [0.1, 0.15) is 11.9 Å². The maximum Gasteiger partial charge on any atom is 0.124 e. The summed E-state index contributed by atoms with van der Waals surface area (Å²) in [6, 6.07) is 14.3. The first-order chi connectivity index (χ1) is 10.2. The lowest BCUT2D eigenvalue weighted by Crippen LogP contribution is -2.15. The van der Waals surface area contributed by atoms with Crippen LogP contribution in [-0.2, 0) is 11.2 Å². The fourth-order valence-electron chi connectivity index (χ4n) is 2.38. The Labute approximate surface area is 143 Å². The van der Waals surface area contributed by atoms with Crippen molar-refractivity contribution in [2.75, 3.05) is 13.2 Å². The number of hydrogen-bond donors (Lipinski definition) is 0. The summed E-state index contributed by atoms with van der Waals surface area (Å²) < 4.78 is 12.4. The average Bonchev–Trinajstić information content (AvgIpc) is 2.98. The van der Waals surface area contributed by atoms with Crippen LogP contribution in [0.25, 0.3) is 0 Å². The molecule has 0 N–H and O–H groups in total. The predicted octanol–water partition coefficient (Wildman–Crippen LogP) is 4.70. The van der Waals surface area contributed by atoms with Gasteiger partial charge in [-0.15, -0.1) is 0 Å². The lowest BCUT2D eigenvalue weighted by Gasteiger charge is -2.12. The minimum atomic E-state index is 0.195. The van der Waals surface area contributed by atoms with Gasteiger partial charge in [-0.2, -0.15) is 0 Å². The van der Waals surface area contributed by atoms with Crippen molar-refractivity contribution >= 4 is 34.2 Å². The molecule has 21 heavy (non-hydrogen) atoms. The topological polar surface area (TPSA) is 18.5 Å². The van der Waals surface area contributed by atoms with Crippen LogP contribution in [0.4, 0.5) is 0 Å². The zero-order valence-corrected chi connectivity index (χ0v) is 14.4. The minimum absolute atomic E-state index is 0.195. The highest BCUT2D eigenvalue weighted by Gasteiger charge is 2.16. The molecule has 0 bridgehead atoms. The van der Waals surface area contributed by atoms with Gasteiger partial charge < -0.3 is 9.47 Å². The van der Waals surface area contributed by atoms with E-state index in [1.165, 1.54) is 9.13 Å². The summed E-state index contributed by atoms with van der Waals surface area (Å²) in [7, 11) is 0. The van der Waals surface area contributed by atoms with Crippen LogP contribution in [0.3, 0.4) is 0 Å². The van der Waals surface area contributed by atoms with Gasteiger partial charge in [-0.1, -0.05) is 23.7 Å². The fourth-order valence-corrected chi connectivity index (χ4v) is 3.12. The van der Waals surface area contributed by atoms with E-state index in [1.54, 1.807) is 0 Å². The summed E-state index contributed by atoms with van der Waals surface area (Å²) in [5, 5.41) is 0.818. The smallest absolute Gasteiger partial charge is 0.124 e. The second-order valence-electron chi connectivity index (χ2n) is 5.16. The predicted molar refractivity (Wildman–Crippen MR) is 93.3 cm³/mol. The molecular weight excluding hydrogens is 399 g/mol. The molecule has 1 heterocycles. The van der Waals surface area contributed by atoms with Gasteiger partial charge in [0.15, 0.2) is 0 Å². The van der Waals surface area contributed by atoms with Crippen LogP contribution in [0.1, 0.15) is 17.5 Å². The number of rotatable bonds is 4. The summed E-state index contributed by atoms with van der Waals surface area (Å²) >= 11 is 8.56. The van der Waals surface area contributed by atoms with E-state index in [9.17, 15) is 0 Å². The fraction of sp³-hybridized carbons (Fsp3) is 0.294. The van der Waals surface area contributed by atoms with Crippen LogP contribution in [0.5, 0.6) is 5.75 Å². The van der Waals surface area contributed by atoms with Gasteiger partial charge in [0.2, 0.25) is 0 Å². The zero-order chi connectivity index (χ0) is 14.7. The van der Waals surface area contributed by atoms with Crippen molar-refractivity contribution in [2.24, 2.45) is 0 Å². The molecule has 3 rings (SSSR count). The normalized spacial score (nSPS) is 17.9. The Bertz CT molecular complexity index is 607. The number of ether oxygens (including phenoxy) is 2. The number of benzene rings is 2.